The van der Waals surface area contributed by atoms with E-state index in [1.165, 1.54) is 77.0 Å². The molecule has 0 bridgehead atoms. The maximum Gasteiger partial charge on any atom is -0.0273 e. The molecule has 0 nitrogen and oxygen atoms in total. The fourth-order valence-electron chi connectivity index (χ4n) is 4.71. The summed E-state index contributed by atoms with van der Waals surface area (Å²) in [6, 6.07) is 0. The Morgan fingerprint density at radius 3 is 0.611 bits per heavy atom. The smallest absolute Gasteiger partial charge is 0.0273 e. The standard InChI is InChI=1S/C18H24/c1-2-8-14-13(7-1)15-9-3-4-11-17(15)18-12-6-5-10-16(14)18/h1-12H2. The van der Waals surface area contributed by atoms with Crippen molar-refractivity contribution >= 4 is 0 Å². The van der Waals surface area contributed by atoms with Crippen molar-refractivity contribution in [1.82, 2.24) is 0 Å². The molecular formula is C18H24. The second-order valence-electron chi connectivity index (χ2n) is 6.49. The summed E-state index contributed by atoms with van der Waals surface area (Å²) in [4.78, 5) is 0. The van der Waals surface area contributed by atoms with Gasteiger partial charge in [-0.25, -0.2) is 0 Å². The summed E-state index contributed by atoms with van der Waals surface area (Å²) in [7, 11) is 0. The van der Waals surface area contributed by atoms with Gasteiger partial charge in [0.1, 0.15) is 0 Å². The number of rotatable bonds is 0. The van der Waals surface area contributed by atoms with E-state index in [0.29, 0.717) is 0 Å². The molecule has 0 unspecified atom stereocenters. The Morgan fingerprint density at radius 2 is 0.444 bits per heavy atom. The molecule has 1 aromatic rings. The molecule has 0 saturated heterocycles. The third-order valence-electron chi connectivity index (χ3n) is 5.50. The van der Waals surface area contributed by atoms with E-state index in [1.54, 1.807) is 0 Å². The summed E-state index contributed by atoms with van der Waals surface area (Å²) in [5.41, 5.74) is 11.0. The van der Waals surface area contributed by atoms with Crippen molar-refractivity contribution in [2.24, 2.45) is 0 Å². The average molecular weight is 240 g/mol. The molecule has 0 aromatic heterocycles. The summed E-state index contributed by atoms with van der Waals surface area (Å²) in [5, 5.41) is 0. The van der Waals surface area contributed by atoms with Crippen molar-refractivity contribution < 1.29 is 0 Å². The van der Waals surface area contributed by atoms with Crippen molar-refractivity contribution in [1.29, 1.82) is 0 Å². The zero-order valence-corrected chi connectivity index (χ0v) is 11.5. The van der Waals surface area contributed by atoms with Crippen LogP contribution in [0.4, 0.5) is 0 Å². The Kier molecular flexibility index (Phi) is 2.71. The van der Waals surface area contributed by atoms with Gasteiger partial charge < -0.3 is 0 Å². The molecule has 18 heavy (non-hydrogen) atoms. The first-order valence-electron chi connectivity index (χ1n) is 8.12. The molecule has 1 aromatic carbocycles. The van der Waals surface area contributed by atoms with Crippen molar-refractivity contribution in [3.8, 4) is 0 Å². The fraction of sp³-hybridized carbons (Fsp3) is 0.667. The molecule has 3 aliphatic carbocycles. The molecule has 0 atom stereocenters. The highest BCUT2D eigenvalue weighted by Crippen LogP contribution is 2.40. The average Bonchev–Trinajstić information content (AvgIpc) is 2.48. The zero-order valence-electron chi connectivity index (χ0n) is 11.5. The number of hydrogen-bond donors (Lipinski definition) is 0. The maximum atomic E-state index is 1.83. The lowest BCUT2D eigenvalue weighted by Gasteiger charge is -2.33. The predicted octanol–water partition coefficient (Wildman–Crippen LogP) is 4.32. The Balaban J connectivity index is 1.98. The van der Waals surface area contributed by atoms with E-state index < -0.39 is 0 Å². The van der Waals surface area contributed by atoms with Gasteiger partial charge in [-0.05, 0) is 110 Å². The molecule has 0 fully saturated rings. The van der Waals surface area contributed by atoms with Crippen LogP contribution < -0.4 is 0 Å². The second kappa shape index (κ2) is 4.40. The summed E-state index contributed by atoms with van der Waals surface area (Å²) < 4.78 is 0. The van der Waals surface area contributed by atoms with Gasteiger partial charge in [0, 0.05) is 0 Å². The van der Waals surface area contributed by atoms with E-state index in [0.717, 1.165) is 0 Å². The molecule has 0 N–H and O–H groups in total. The molecule has 0 heterocycles. The first-order chi connectivity index (χ1) is 8.95. The summed E-state index contributed by atoms with van der Waals surface area (Å²) in [6.45, 7) is 0. The van der Waals surface area contributed by atoms with Crippen molar-refractivity contribution in [2.45, 2.75) is 77.0 Å². The van der Waals surface area contributed by atoms with E-state index in [9.17, 15) is 0 Å². The lowest BCUT2D eigenvalue weighted by Crippen LogP contribution is -2.20. The predicted molar refractivity (Wildman–Crippen MR) is 76.4 cm³/mol. The minimum atomic E-state index is 1.39. The van der Waals surface area contributed by atoms with E-state index in [4.69, 9.17) is 0 Å². The molecule has 0 aliphatic heterocycles. The first-order valence-corrected chi connectivity index (χ1v) is 8.12. The van der Waals surface area contributed by atoms with Gasteiger partial charge >= 0.3 is 0 Å². The van der Waals surface area contributed by atoms with Crippen LogP contribution in [0.3, 0.4) is 0 Å². The Labute approximate surface area is 111 Å². The molecule has 3 aliphatic rings. The van der Waals surface area contributed by atoms with E-state index >= 15 is 0 Å². The Bertz CT molecular complexity index is 345. The van der Waals surface area contributed by atoms with E-state index in [1.807, 2.05) is 33.4 Å². The van der Waals surface area contributed by atoms with Crippen LogP contribution in [0.25, 0.3) is 0 Å². The van der Waals surface area contributed by atoms with Gasteiger partial charge in [0.25, 0.3) is 0 Å². The van der Waals surface area contributed by atoms with E-state index in [-0.39, 0.29) is 0 Å². The van der Waals surface area contributed by atoms with Crippen LogP contribution in [-0.2, 0) is 38.5 Å². The van der Waals surface area contributed by atoms with Crippen LogP contribution in [0.2, 0.25) is 0 Å². The highest BCUT2D eigenvalue weighted by Gasteiger charge is 2.27. The monoisotopic (exact) mass is 240 g/mol. The Hall–Kier alpha value is -0.780. The quantitative estimate of drug-likeness (QED) is 0.633. The van der Waals surface area contributed by atoms with Gasteiger partial charge in [0.2, 0.25) is 0 Å². The molecule has 0 spiro atoms. The first kappa shape index (κ1) is 11.1. The van der Waals surface area contributed by atoms with Gasteiger partial charge in [-0.2, -0.15) is 0 Å². The lowest BCUT2D eigenvalue weighted by molar-refractivity contribution is 0.600. The largest absolute Gasteiger partial charge is 0.0489 e. The molecule has 0 heteroatoms. The van der Waals surface area contributed by atoms with Gasteiger partial charge in [-0.3, -0.25) is 0 Å². The van der Waals surface area contributed by atoms with Crippen LogP contribution in [0, 0.1) is 0 Å². The molecule has 0 amide bonds. The third kappa shape index (κ3) is 1.57. The lowest BCUT2D eigenvalue weighted by atomic mass is 9.72. The van der Waals surface area contributed by atoms with Crippen molar-refractivity contribution in [3.63, 3.8) is 0 Å². The SMILES string of the molecule is C1CCc2c(c3c(c4c2CCCC4)CCCC3)C1. The van der Waals surface area contributed by atoms with Gasteiger partial charge in [0.05, 0.1) is 0 Å². The molecular weight excluding hydrogens is 216 g/mol. The Morgan fingerprint density at radius 1 is 0.278 bits per heavy atom. The van der Waals surface area contributed by atoms with Crippen molar-refractivity contribution in [3.05, 3.63) is 33.4 Å². The minimum Gasteiger partial charge on any atom is -0.0489 e. The zero-order chi connectivity index (χ0) is 11.9. The number of benzene rings is 1. The minimum absolute atomic E-state index is 1.39. The molecule has 4 rings (SSSR count). The normalized spacial score (nSPS) is 22.0. The third-order valence-corrected chi connectivity index (χ3v) is 5.50. The molecule has 0 saturated carbocycles. The van der Waals surface area contributed by atoms with Gasteiger partial charge in [-0.15, -0.1) is 0 Å². The number of hydrogen-bond acceptors (Lipinski definition) is 0. The molecule has 96 valence electrons. The topological polar surface area (TPSA) is 0 Å². The fourth-order valence-corrected chi connectivity index (χ4v) is 4.71. The summed E-state index contributed by atoms with van der Waals surface area (Å²) in [5.74, 6) is 0. The highest BCUT2D eigenvalue weighted by molar-refractivity contribution is 5.54. The van der Waals surface area contributed by atoms with Crippen LogP contribution in [0.15, 0.2) is 0 Å². The van der Waals surface area contributed by atoms with Crippen LogP contribution >= 0.6 is 0 Å². The van der Waals surface area contributed by atoms with Crippen molar-refractivity contribution in [2.75, 3.05) is 0 Å². The summed E-state index contributed by atoms with van der Waals surface area (Å²) in [6.07, 6.45) is 17.0. The second-order valence-corrected chi connectivity index (χ2v) is 6.49. The summed E-state index contributed by atoms with van der Waals surface area (Å²) >= 11 is 0. The van der Waals surface area contributed by atoms with E-state index in [2.05, 4.69) is 0 Å². The van der Waals surface area contributed by atoms with Crippen LogP contribution in [-0.4, -0.2) is 0 Å². The van der Waals surface area contributed by atoms with Crippen LogP contribution in [0.1, 0.15) is 71.9 Å². The van der Waals surface area contributed by atoms with Gasteiger partial charge in [-0.1, -0.05) is 0 Å². The maximum absolute atomic E-state index is 1.83. The molecule has 0 radical (unpaired) electrons. The number of fused-ring (bicyclic) bond motifs is 6. The van der Waals surface area contributed by atoms with Gasteiger partial charge in [0.15, 0.2) is 0 Å². The van der Waals surface area contributed by atoms with Crippen LogP contribution in [0.5, 0.6) is 0 Å². The highest BCUT2D eigenvalue weighted by atomic mass is 14.3.